The molecule has 6 nitrogen and oxygen atoms in total. The third kappa shape index (κ3) is 5.61. The molecule has 0 radical (unpaired) electrons. The van der Waals surface area contributed by atoms with Crippen molar-refractivity contribution in [2.24, 2.45) is 12.0 Å². The predicted octanol–water partition coefficient (Wildman–Crippen LogP) is 2.57. The highest BCUT2D eigenvalue weighted by Gasteiger charge is 2.09. The van der Waals surface area contributed by atoms with Crippen molar-refractivity contribution in [3.8, 4) is 0 Å². The summed E-state index contributed by atoms with van der Waals surface area (Å²) in [4.78, 5) is 6.74. The maximum atomic E-state index is 4.65. The summed E-state index contributed by atoms with van der Waals surface area (Å²) in [7, 11) is 3.97. The molecule has 0 aliphatic rings. The van der Waals surface area contributed by atoms with Crippen LogP contribution in [0, 0.1) is 6.92 Å². The Balaban J connectivity index is 0.00000264. The minimum Gasteiger partial charge on any atom is -0.353 e. The molecule has 1 N–H and O–H groups in total. The quantitative estimate of drug-likeness (QED) is 0.321. The molecular weight excluding hydrogens is 423 g/mol. The van der Waals surface area contributed by atoms with Gasteiger partial charge in [-0.1, -0.05) is 6.08 Å². The van der Waals surface area contributed by atoms with E-state index in [2.05, 4.69) is 48.8 Å². The molecule has 0 fully saturated rings. The normalized spacial score (nSPS) is 11.0. The zero-order valence-electron chi connectivity index (χ0n) is 13.7. The van der Waals surface area contributed by atoms with Crippen LogP contribution in [0.15, 0.2) is 34.5 Å². The van der Waals surface area contributed by atoms with Crippen LogP contribution in [-0.4, -0.2) is 39.2 Å². The third-order valence-electron chi connectivity index (χ3n) is 3.32. The molecule has 8 heteroatoms. The van der Waals surface area contributed by atoms with Gasteiger partial charge in [-0.3, -0.25) is 0 Å². The fourth-order valence-corrected chi connectivity index (χ4v) is 2.60. The lowest BCUT2D eigenvalue weighted by molar-refractivity contribution is 0.478. The topological polar surface area (TPSA) is 58.3 Å². The Hall–Kier alpha value is -1.42. The molecule has 2 heterocycles. The van der Waals surface area contributed by atoms with Crippen LogP contribution < -0.4 is 5.32 Å². The number of halogens is 1. The molecule has 0 aliphatic carbocycles. The highest BCUT2D eigenvalue weighted by Crippen LogP contribution is 2.09. The van der Waals surface area contributed by atoms with Crippen LogP contribution in [0.4, 0.5) is 0 Å². The molecule has 2 aromatic heterocycles. The largest absolute Gasteiger partial charge is 0.353 e. The van der Waals surface area contributed by atoms with Crippen LogP contribution in [0.1, 0.15) is 17.2 Å². The van der Waals surface area contributed by atoms with Gasteiger partial charge in [0.2, 0.25) is 0 Å². The average molecular weight is 446 g/mol. The molecule has 2 rings (SSSR count). The fraction of sp³-hybridized carbons (Fsp3) is 0.400. The van der Waals surface area contributed by atoms with Crippen LogP contribution in [0.3, 0.4) is 0 Å². The van der Waals surface area contributed by atoms with Crippen molar-refractivity contribution in [3.63, 3.8) is 0 Å². The average Bonchev–Trinajstić information content (AvgIpc) is 3.11. The molecule has 0 saturated heterocycles. The summed E-state index contributed by atoms with van der Waals surface area (Å²) in [6.45, 7) is 7.64. The number of aryl methyl sites for hydroxylation is 1. The molecule has 0 unspecified atom stereocenters. The van der Waals surface area contributed by atoms with Crippen molar-refractivity contribution in [2.75, 3.05) is 13.6 Å². The molecule has 0 amide bonds. The highest BCUT2D eigenvalue weighted by molar-refractivity contribution is 14.0. The van der Waals surface area contributed by atoms with Gasteiger partial charge in [0.1, 0.15) is 12.4 Å². The molecule has 126 valence electrons. The van der Waals surface area contributed by atoms with E-state index >= 15 is 0 Å². The van der Waals surface area contributed by atoms with Crippen molar-refractivity contribution in [3.05, 3.63) is 46.7 Å². The van der Waals surface area contributed by atoms with Gasteiger partial charge in [-0.05, 0) is 29.3 Å². The summed E-state index contributed by atoms with van der Waals surface area (Å²) in [6, 6.07) is 2.12. The smallest absolute Gasteiger partial charge is 0.194 e. The Kier molecular flexibility index (Phi) is 8.24. The SMILES string of the molecule is C=CCNC(=NCc1nnc(C)n1C)N(C)Cc1ccsc1.I. The van der Waals surface area contributed by atoms with Crippen molar-refractivity contribution in [1.82, 2.24) is 25.0 Å². The fourth-order valence-electron chi connectivity index (χ4n) is 1.94. The van der Waals surface area contributed by atoms with E-state index in [0.717, 1.165) is 24.2 Å². The summed E-state index contributed by atoms with van der Waals surface area (Å²) < 4.78 is 1.95. The van der Waals surface area contributed by atoms with Crippen molar-refractivity contribution in [1.29, 1.82) is 0 Å². The molecule has 0 spiro atoms. The highest BCUT2D eigenvalue weighted by atomic mass is 127. The summed E-state index contributed by atoms with van der Waals surface area (Å²) >= 11 is 1.70. The van der Waals surface area contributed by atoms with Gasteiger partial charge in [-0.25, -0.2) is 4.99 Å². The first-order valence-corrected chi connectivity index (χ1v) is 8.02. The molecule has 0 bridgehead atoms. The van der Waals surface area contributed by atoms with Gasteiger partial charge in [-0.15, -0.1) is 40.8 Å². The molecule has 0 atom stereocenters. The second kappa shape index (κ2) is 9.66. The van der Waals surface area contributed by atoms with Crippen LogP contribution >= 0.6 is 35.3 Å². The van der Waals surface area contributed by atoms with Gasteiger partial charge in [0.15, 0.2) is 11.8 Å². The molecule has 0 aromatic carbocycles. The van der Waals surface area contributed by atoms with E-state index < -0.39 is 0 Å². The van der Waals surface area contributed by atoms with Gasteiger partial charge in [0, 0.05) is 27.2 Å². The summed E-state index contributed by atoms with van der Waals surface area (Å²) in [6.07, 6.45) is 1.82. The Labute approximate surface area is 158 Å². The van der Waals surface area contributed by atoms with E-state index in [4.69, 9.17) is 0 Å². The first-order valence-electron chi connectivity index (χ1n) is 7.08. The van der Waals surface area contributed by atoms with Gasteiger partial charge < -0.3 is 14.8 Å². The molecular formula is C15H23IN6S. The maximum absolute atomic E-state index is 4.65. The second-order valence-electron chi connectivity index (χ2n) is 5.02. The Morgan fingerprint density at radius 2 is 2.30 bits per heavy atom. The lowest BCUT2D eigenvalue weighted by atomic mass is 10.3. The van der Waals surface area contributed by atoms with Crippen LogP contribution in [0.5, 0.6) is 0 Å². The molecule has 23 heavy (non-hydrogen) atoms. The first kappa shape index (κ1) is 19.6. The maximum Gasteiger partial charge on any atom is 0.194 e. The van der Waals surface area contributed by atoms with Crippen molar-refractivity contribution < 1.29 is 0 Å². The standard InChI is InChI=1S/C15H22N6S.HI/c1-5-7-16-15(20(3)10-13-6-8-22-11-13)17-9-14-19-18-12(2)21(14)4;/h5-6,8,11H,1,7,9-10H2,2-4H3,(H,16,17);1H. The number of aromatic nitrogens is 3. The molecule has 0 aliphatic heterocycles. The van der Waals surface area contributed by atoms with Gasteiger partial charge in [0.05, 0.1) is 0 Å². The van der Waals surface area contributed by atoms with Crippen LogP contribution in [-0.2, 0) is 20.1 Å². The zero-order chi connectivity index (χ0) is 15.9. The predicted molar refractivity (Wildman–Crippen MR) is 106 cm³/mol. The summed E-state index contributed by atoms with van der Waals surface area (Å²) in [5.74, 6) is 2.56. The number of nitrogens with one attached hydrogen (secondary N) is 1. The Morgan fingerprint density at radius 3 is 2.87 bits per heavy atom. The van der Waals surface area contributed by atoms with E-state index in [0.29, 0.717) is 13.1 Å². The van der Waals surface area contributed by atoms with E-state index in [1.54, 1.807) is 11.3 Å². The first-order chi connectivity index (χ1) is 10.6. The number of nitrogens with zero attached hydrogens (tertiary/aromatic N) is 5. The third-order valence-corrected chi connectivity index (χ3v) is 4.05. The van der Waals surface area contributed by atoms with E-state index in [9.17, 15) is 0 Å². The van der Waals surface area contributed by atoms with Crippen LogP contribution in [0.2, 0.25) is 0 Å². The molecule has 0 saturated carbocycles. The van der Waals surface area contributed by atoms with Gasteiger partial charge in [-0.2, -0.15) is 11.3 Å². The van der Waals surface area contributed by atoms with Gasteiger partial charge >= 0.3 is 0 Å². The van der Waals surface area contributed by atoms with E-state index in [-0.39, 0.29) is 24.0 Å². The van der Waals surface area contributed by atoms with E-state index in [1.807, 2.05) is 31.7 Å². The Bertz CT molecular complexity index is 634. The van der Waals surface area contributed by atoms with E-state index in [1.165, 1.54) is 5.56 Å². The number of hydrogen-bond acceptors (Lipinski definition) is 4. The number of aliphatic imine (C=N–C) groups is 1. The lowest BCUT2D eigenvalue weighted by Crippen LogP contribution is -2.38. The van der Waals surface area contributed by atoms with Crippen molar-refractivity contribution >= 4 is 41.3 Å². The number of rotatable bonds is 6. The van der Waals surface area contributed by atoms with Gasteiger partial charge in [0.25, 0.3) is 0 Å². The van der Waals surface area contributed by atoms with Crippen LogP contribution in [0.25, 0.3) is 0 Å². The summed E-state index contributed by atoms with van der Waals surface area (Å²) in [5, 5.41) is 15.7. The monoisotopic (exact) mass is 446 g/mol. The summed E-state index contributed by atoms with van der Waals surface area (Å²) in [5.41, 5.74) is 1.27. The lowest BCUT2D eigenvalue weighted by Gasteiger charge is -2.21. The number of hydrogen-bond donors (Lipinski definition) is 1. The number of thiophene rings is 1. The second-order valence-corrected chi connectivity index (χ2v) is 5.80. The molecule has 2 aromatic rings. The minimum absolute atomic E-state index is 0. The zero-order valence-corrected chi connectivity index (χ0v) is 16.8. The number of guanidine groups is 1. The minimum atomic E-state index is 0. The van der Waals surface area contributed by atoms with Crippen molar-refractivity contribution in [2.45, 2.75) is 20.0 Å². The Morgan fingerprint density at radius 1 is 1.52 bits per heavy atom.